The second kappa shape index (κ2) is 11.4. The van der Waals surface area contributed by atoms with Crippen LogP contribution in [0.15, 0.2) is 30.3 Å². The lowest BCUT2D eigenvalue weighted by Crippen LogP contribution is -1.78. The molecule has 0 unspecified atom stereocenters. The molecule has 0 amide bonds. The van der Waals surface area contributed by atoms with E-state index in [1.165, 1.54) is 0 Å². The van der Waals surface area contributed by atoms with Crippen LogP contribution in [0.5, 0.6) is 0 Å². The summed E-state index contributed by atoms with van der Waals surface area (Å²) in [4.78, 5) is 43.1. The molecular weight excluding hydrogens is 338 g/mol. The molecule has 10 nitrogen and oxygen atoms in total. The maximum atomic E-state index is 8.88. The van der Waals surface area contributed by atoms with Crippen LogP contribution in [0.4, 0.5) is 0 Å². The summed E-state index contributed by atoms with van der Waals surface area (Å²) < 4.78 is 21.6. The van der Waals surface area contributed by atoms with Gasteiger partial charge in [-0.1, -0.05) is 30.3 Å². The zero-order valence-corrected chi connectivity index (χ0v) is 12.4. The van der Waals surface area contributed by atoms with Crippen LogP contribution in [0, 0.1) is 0 Å². The van der Waals surface area contributed by atoms with Gasteiger partial charge in [-0.05, 0) is 5.56 Å². The summed E-state index contributed by atoms with van der Waals surface area (Å²) >= 11 is 1.02. The maximum absolute atomic E-state index is 8.88. The van der Waals surface area contributed by atoms with Crippen molar-refractivity contribution in [2.75, 3.05) is 0 Å². The Morgan fingerprint density at radius 2 is 1.25 bits per heavy atom. The SMILES string of the molecule is O=P(O)(O)O.O=P(O)(O)O.OOSCc1ccccc1. The van der Waals surface area contributed by atoms with E-state index in [9.17, 15) is 0 Å². The molecule has 13 heteroatoms. The Bertz CT molecular complexity index is 392. The van der Waals surface area contributed by atoms with E-state index in [-0.39, 0.29) is 0 Å². The molecule has 0 saturated carbocycles. The molecule has 1 aromatic rings. The van der Waals surface area contributed by atoms with E-state index >= 15 is 0 Å². The third kappa shape index (κ3) is 36.1. The van der Waals surface area contributed by atoms with Gasteiger partial charge in [0.1, 0.15) is 0 Å². The predicted molar refractivity (Wildman–Crippen MR) is 70.0 cm³/mol. The third-order valence-electron chi connectivity index (χ3n) is 1.12. The van der Waals surface area contributed by atoms with E-state index in [4.69, 9.17) is 43.7 Å². The van der Waals surface area contributed by atoms with Crippen LogP contribution in [0.25, 0.3) is 0 Å². The molecule has 0 bridgehead atoms. The zero-order chi connectivity index (χ0) is 16.2. The first-order valence-corrected chi connectivity index (χ1v) is 8.51. The minimum absolute atomic E-state index is 0.678. The molecule has 1 aromatic carbocycles. The van der Waals surface area contributed by atoms with Gasteiger partial charge in [0.05, 0.1) is 0 Å². The Hall–Kier alpha value is -0.290. The summed E-state index contributed by atoms with van der Waals surface area (Å²) in [6, 6.07) is 9.81. The Kier molecular flexibility index (Phi) is 12.5. The van der Waals surface area contributed by atoms with Gasteiger partial charge in [0.15, 0.2) is 0 Å². The molecule has 0 spiro atoms. The van der Waals surface area contributed by atoms with Gasteiger partial charge in [0.25, 0.3) is 0 Å². The van der Waals surface area contributed by atoms with Crippen molar-refractivity contribution in [2.45, 2.75) is 5.75 Å². The first-order chi connectivity index (χ1) is 8.93. The highest BCUT2D eigenvalue weighted by molar-refractivity contribution is 7.93. The lowest BCUT2D eigenvalue weighted by Gasteiger charge is -1.94. The summed E-state index contributed by atoms with van der Waals surface area (Å²) in [5, 5.41) is 7.99. The molecule has 20 heavy (non-hydrogen) atoms. The van der Waals surface area contributed by atoms with Crippen LogP contribution in [-0.4, -0.2) is 34.6 Å². The Balaban J connectivity index is 0. The molecule has 0 fully saturated rings. The average molecular weight is 352 g/mol. The van der Waals surface area contributed by atoms with E-state index in [0.29, 0.717) is 5.75 Å². The fourth-order valence-corrected chi connectivity index (χ4v) is 1.05. The highest BCUT2D eigenvalue weighted by atomic mass is 32.2. The van der Waals surface area contributed by atoms with Crippen molar-refractivity contribution in [2.24, 2.45) is 0 Å². The molecule has 0 aliphatic heterocycles. The molecular formula is C7H14O10P2S. The van der Waals surface area contributed by atoms with Crippen molar-refractivity contribution < 1.29 is 48.1 Å². The minimum atomic E-state index is -4.64. The van der Waals surface area contributed by atoms with Crippen LogP contribution in [0.2, 0.25) is 0 Å². The number of rotatable bonds is 3. The van der Waals surface area contributed by atoms with E-state index in [2.05, 4.69) is 4.33 Å². The Labute approximate surface area is 118 Å². The smallest absolute Gasteiger partial charge is 0.303 e. The largest absolute Gasteiger partial charge is 0.466 e. The van der Waals surface area contributed by atoms with Gasteiger partial charge in [-0.25, -0.2) is 14.4 Å². The van der Waals surface area contributed by atoms with Gasteiger partial charge in [-0.3, -0.25) is 0 Å². The molecule has 118 valence electrons. The highest BCUT2D eigenvalue weighted by Crippen LogP contribution is 2.26. The molecule has 0 heterocycles. The fraction of sp³-hybridized carbons (Fsp3) is 0.143. The topological polar surface area (TPSA) is 185 Å². The van der Waals surface area contributed by atoms with Gasteiger partial charge >= 0.3 is 15.6 Å². The lowest BCUT2D eigenvalue weighted by atomic mass is 10.2. The first-order valence-electron chi connectivity index (χ1n) is 4.47. The first kappa shape index (κ1) is 22.0. The maximum Gasteiger partial charge on any atom is 0.466 e. The molecule has 7 N–H and O–H groups in total. The summed E-state index contributed by atoms with van der Waals surface area (Å²) in [5.74, 6) is 0.678. The van der Waals surface area contributed by atoms with Crippen molar-refractivity contribution in [3.05, 3.63) is 35.9 Å². The minimum Gasteiger partial charge on any atom is -0.303 e. The van der Waals surface area contributed by atoms with Crippen molar-refractivity contribution in [1.29, 1.82) is 0 Å². The van der Waals surface area contributed by atoms with Gasteiger partial charge in [-0.15, -0.1) is 0 Å². The van der Waals surface area contributed by atoms with E-state index in [0.717, 1.165) is 17.6 Å². The van der Waals surface area contributed by atoms with Gasteiger partial charge < -0.3 is 29.4 Å². The quantitative estimate of drug-likeness (QED) is 0.173. The summed E-state index contributed by atoms with van der Waals surface area (Å²) in [6.45, 7) is 0. The van der Waals surface area contributed by atoms with Crippen LogP contribution in [-0.2, 0) is 19.2 Å². The van der Waals surface area contributed by atoms with Crippen molar-refractivity contribution >= 4 is 27.7 Å². The molecule has 0 aromatic heterocycles. The van der Waals surface area contributed by atoms with Gasteiger partial charge in [0.2, 0.25) is 0 Å². The van der Waals surface area contributed by atoms with Crippen molar-refractivity contribution in [3.63, 3.8) is 0 Å². The van der Waals surface area contributed by atoms with Crippen LogP contribution < -0.4 is 0 Å². The monoisotopic (exact) mass is 352 g/mol. The van der Waals surface area contributed by atoms with Crippen LogP contribution >= 0.6 is 27.7 Å². The lowest BCUT2D eigenvalue weighted by molar-refractivity contribution is -0.116. The molecule has 0 aliphatic rings. The van der Waals surface area contributed by atoms with E-state index in [1.807, 2.05) is 30.3 Å². The van der Waals surface area contributed by atoms with Gasteiger partial charge in [0, 0.05) is 17.8 Å². The van der Waals surface area contributed by atoms with Crippen molar-refractivity contribution in [3.8, 4) is 0 Å². The summed E-state index contributed by atoms with van der Waals surface area (Å²) in [6.07, 6.45) is 0. The van der Waals surface area contributed by atoms with Crippen molar-refractivity contribution in [1.82, 2.24) is 0 Å². The van der Waals surface area contributed by atoms with Gasteiger partial charge in [-0.2, -0.15) is 4.33 Å². The Morgan fingerprint density at radius 1 is 0.900 bits per heavy atom. The molecule has 0 aliphatic carbocycles. The number of benzene rings is 1. The highest BCUT2D eigenvalue weighted by Gasteiger charge is 2.00. The number of hydrogen-bond donors (Lipinski definition) is 7. The van der Waals surface area contributed by atoms with E-state index in [1.54, 1.807) is 0 Å². The number of hydrogen-bond acceptors (Lipinski definition) is 5. The average Bonchev–Trinajstić information content (AvgIpc) is 2.23. The normalized spacial score (nSPS) is 10.8. The standard InChI is InChI=1S/C7H8O2S.2H3O4P/c8-9-10-6-7-4-2-1-3-5-7;2*1-5(2,3)4/h1-5,8H,6H2;2*(H3,1,2,3,4). The van der Waals surface area contributed by atoms with E-state index < -0.39 is 15.6 Å². The summed E-state index contributed by atoms with van der Waals surface area (Å²) in [7, 11) is -9.28. The summed E-state index contributed by atoms with van der Waals surface area (Å²) in [5.41, 5.74) is 1.14. The van der Waals surface area contributed by atoms with Crippen LogP contribution in [0.3, 0.4) is 0 Å². The molecule has 0 radical (unpaired) electrons. The predicted octanol–water partition coefficient (Wildman–Crippen LogP) is 0.467. The fourth-order valence-electron chi connectivity index (χ4n) is 0.669. The molecule has 1 rings (SSSR count). The van der Waals surface area contributed by atoms with Crippen LogP contribution in [0.1, 0.15) is 5.56 Å². The zero-order valence-electron chi connectivity index (χ0n) is 9.75. The Morgan fingerprint density at radius 3 is 1.55 bits per heavy atom. The second-order valence-corrected chi connectivity index (χ2v) is 5.58. The molecule has 0 saturated heterocycles. The number of phosphoric acid groups is 2. The molecule has 0 atom stereocenters. The second-order valence-electron chi connectivity index (χ2n) is 2.85. The third-order valence-corrected chi connectivity index (χ3v) is 1.68.